The summed E-state index contributed by atoms with van der Waals surface area (Å²) in [5.74, 6) is -0.251. The minimum absolute atomic E-state index is 0.0399. The van der Waals surface area contributed by atoms with Gasteiger partial charge in [0.1, 0.15) is 0 Å². The van der Waals surface area contributed by atoms with Crippen LogP contribution >= 0.6 is 0 Å². The predicted octanol–water partition coefficient (Wildman–Crippen LogP) is 1.20. The van der Waals surface area contributed by atoms with Gasteiger partial charge >= 0.3 is 0 Å². The number of hydrogen-bond acceptors (Lipinski definition) is 4. The molecule has 0 heterocycles. The second kappa shape index (κ2) is 2.66. The van der Waals surface area contributed by atoms with Crippen LogP contribution in [0.15, 0.2) is 29.1 Å². The number of nitrogens with zero attached hydrogens (tertiary/aromatic N) is 1. The lowest BCUT2D eigenvalue weighted by molar-refractivity contribution is -0.384. The molecule has 2 aromatic carbocycles. The smallest absolute Gasteiger partial charge is 0.269 e. The highest BCUT2D eigenvalue weighted by atomic mass is 16.6. The molecule has 2 aromatic rings. The second-order valence-corrected chi connectivity index (χ2v) is 2.86. The molecule has 0 aliphatic heterocycles. The summed E-state index contributed by atoms with van der Waals surface area (Å²) >= 11 is 0. The topological polar surface area (TPSA) is 80.4 Å². The molecule has 5 nitrogen and oxygen atoms in total. The number of benzene rings is 1. The van der Waals surface area contributed by atoms with Crippen LogP contribution in [0.5, 0.6) is 5.75 Å². The Balaban J connectivity index is 2.36. The lowest BCUT2D eigenvalue weighted by Crippen LogP contribution is -1.86. The maximum absolute atomic E-state index is 10.8. The summed E-state index contributed by atoms with van der Waals surface area (Å²) in [4.78, 5) is 20.6. The van der Waals surface area contributed by atoms with Crippen LogP contribution < -0.4 is 5.43 Å². The van der Waals surface area contributed by atoms with Crippen molar-refractivity contribution >= 4 is 5.69 Å². The van der Waals surface area contributed by atoms with Gasteiger partial charge < -0.3 is 5.11 Å². The lowest BCUT2D eigenvalue weighted by Gasteiger charge is -1.92. The third-order valence-corrected chi connectivity index (χ3v) is 1.98. The molecule has 0 spiro atoms. The van der Waals surface area contributed by atoms with E-state index in [2.05, 4.69) is 0 Å². The molecule has 0 fully saturated rings. The highest BCUT2D eigenvalue weighted by Gasteiger charge is 2.23. The van der Waals surface area contributed by atoms with Crippen LogP contribution in [0, 0.1) is 10.1 Å². The van der Waals surface area contributed by atoms with Gasteiger partial charge in [0.05, 0.1) is 10.5 Å². The summed E-state index contributed by atoms with van der Waals surface area (Å²) in [5.41, 5.74) is 0.332. The van der Waals surface area contributed by atoms with E-state index in [0.29, 0.717) is 5.56 Å². The van der Waals surface area contributed by atoms with E-state index in [0.717, 1.165) is 0 Å². The number of rotatable bonds is 2. The Hall–Kier alpha value is -2.17. The molecule has 14 heavy (non-hydrogen) atoms. The molecule has 0 amide bonds. The molecule has 0 aliphatic carbocycles. The molecule has 70 valence electrons. The van der Waals surface area contributed by atoms with Crippen molar-refractivity contribution in [2.45, 2.75) is 0 Å². The molecule has 0 bridgehead atoms. The molecule has 0 saturated carbocycles. The summed E-state index contributed by atoms with van der Waals surface area (Å²) in [5, 5.41) is 19.2. The van der Waals surface area contributed by atoms with Gasteiger partial charge in [0, 0.05) is 12.1 Å². The second-order valence-electron chi connectivity index (χ2n) is 2.86. The van der Waals surface area contributed by atoms with E-state index >= 15 is 0 Å². The normalized spacial score (nSPS) is 10.6. The standard InChI is InChI=1S/C9H5NO4/c11-8-7(9(8)12)5-1-3-6(4-2-5)10(13)14/h1-4,11H. The summed E-state index contributed by atoms with van der Waals surface area (Å²) in [6.07, 6.45) is 0. The third-order valence-electron chi connectivity index (χ3n) is 1.98. The maximum Gasteiger partial charge on any atom is 0.269 e. The van der Waals surface area contributed by atoms with Crippen molar-refractivity contribution in [1.29, 1.82) is 0 Å². The van der Waals surface area contributed by atoms with Gasteiger partial charge in [-0.2, -0.15) is 0 Å². The van der Waals surface area contributed by atoms with Gasteiger partial charge in [-0.25, -0.2) is 0 Å². The van der Waals surface area contributed by atoms with Crippen molar-refractivity contribution in [2.75, 3.05) is 0 Å². The lowest BCUT2D eigenvalue weighted by atomic mass is 10.2. The molecule has 0 aliphatic rings. The quantitative estimate of drug-likeness (QED) is 0.571. The summed E-state index contributed by atoms with van der Waals surface area (Å²) in [6.45, 7) is 0. The van der Waals surface area contributed by atoms with Crippen molar-refractivity contribution in [3.8, 4) is 16.9 Å². The first-order valence-electron chi connectivity index (χ1n) is 3.84. The van der Waals surface area contributed by atoms with Gasteiger partial charge in [0.2, 0.25) is 5.43 Å². The van der Waals surface area contributed by atoms with E-state index in [1.54, 1.807) is 0 Å². The highest BCUT2D eigenvalue weighted by molar-refractivity contribution is 5.80. The van der Waals surface area contributed by atoms with Gasteiger partial charge in [0.25, 0.3) is 5.69 Å². The van der Waals surface area contributed by atoms with Crippen LogP contribution in [0.25, 0.3) is 11.1 Å². The van der Waals surface area contributed by atoms with Crippen molar-refractivity contribution in [1.82, 2.24) is 0 Å². The van der Waals surface area contributed by atoms with Crippen molar-refractivity contribution < 1.29 is 10.0 Å². The first-order chi connectivity index (χ1) is 6.61. The zero-order valence-corrected chi connectivity index (χ0v) is 6.93. The summed E-state index contributed by atoms with van der Waals surface area (Å²) < 4.78 is 0. The summed E-state index contributed by atoms with van der Waals surface area (Å²) in [7, 11) is 0. The van der Waals surface area contributed by atoms with Gasteiger partial charge in [-0.3, -0.25) is 14.9 Å². The van der Waals surface area contributed by atoms with Crippen molar-refractivity contribution in [3.05, 3.63) is 44.6 Å². The molecule has 1 N–H and O–H groups in total. The van der Waals surface area contributed by atoms with Crippen LogP contribution in [0.2, 0.25) is 0 Å². The fourth-order valence-electron chi connectivity index (χ4n) is 1.18. The van der Waals surface area contributed by atoms with E-state index in [1.165, 1.54) is 24.3 Å². The number of hydrogen-bond donors (Lipinski definition) is 1. The molecule has 0 aromatic heterocycles. The third kappa shape index (κ3) is 1.15. The number of nitro groups is 1. The molecule has 0 radical (unpaired) electrons. The van der Waals surface area contributed by atoms with E-state index < -0.39 is 4.92 Å². The fourth-order valence-corrected chi connectivity index (χ4v) is 1.18. The molecule has 0 saturated heterocycles. The molecule has 0 atom stereocenters. The van der Waals surface area contributed by atoms with Crippen molar-refractivity contribution in [2.24, 2.45) is 0 Å². The maximum atomic E-state index is 10.8. The highest BCUT2D eigenvalue weighted by Crippen LogP contribution is 2.31. The number of non-ortho nitro benzene ring substituents is 1. The molecular weight excluding hydrogens is 186 g/mol. The van der Waals surface area contributed by atoms with E-state index in [9.17, 15) is 14.9 Å². The Morgan fingerprint density at radius 1 is 1.21 bits per heavy atom. The van der Waals surface area contributed by atoms with E-state index in [1.807, 2.05) is 0 Å². The first-order valence-corrected chi connectivity index (χ1v) is 3.84. The zero-order chi connectivity index (χ0) is 10.3. The van der Waals surface area contributed by atoms with Gasteiger partial charge in [-0.15, -0.1) is 0 Å². The fraction of sp³-hybridized carbons (Fsp3) is 0. The Kier molecular flexibility index (Phi) is 1.60. The minimum atomic E-state index is -0.521. The molecular formula is C9H5NO4. The average molecular weight is 191 g/mol. The van der Waals surface area contributed by atoms with Gasteiger partial charge in [0.15, 0.2) is 5.75 Å². The van der Waals surface area contributed by atoms with Crippen LogP contribution in [-0.4, -0.2) is 10.0 Å². The average Bonchev–Trinajstić information content (AvgIpc) is 2.75. The van der Waals surface area contributed by atoms with Gasteiger partial charge in [-0.05, 0) is 17.7 Å². The Morgan fingerprint density at radius 3 is 2.07 bits per heavy atom. The van der Waals surface area contributed by atoms with Crippen LogP contribution in [-0.2, 0) is 0 Å². The largest absolute Gasteiger partial charge is 0.504 e. The predicted molar refractivity (Wildman–Crippen MR) is 48.8 cm³/mol. The number of nitro benzene ring substituents is 1. The Labute approximate surface area is 78.1 Å². The zero-order valence-electron chi connectivity index (χ0n) is 6.93. The molecule has 0 unspecified atom stereocenters. The van der Waals surface area contributed by atoms with E-state index in [-0.39, 0.29) is 22.4 Å². The molecule has 2 rings (SSSR count). The van der Waals surface area contributed by atoms with Crippen molar-refractivity contribution in [3.63, 3.8) is 0 Å². The SMILES string of the molecule is O=c1c(O)c1-c1ccc([N+](=O)[O-])cc1. The van der Waals surface area contributed by atoms with Crippen LogP contribution in [0.3, 0.4) is 0 Å². The number of aromatic hydroxyl groups is 1. The Bertz CT molecular complexity index is 505. The monoisotopic (exact) mass is 191 g/mol. The first kappa shape index (κ1) is 8.43. The summed E-state index contributed by atoms with van der Waals surface area (Å²) in [6, 6.07) is 5.46. The van der Waals surface area contributed by atoms with Crippen LogP contribution in [0.4, 0.5) is 5.69 Å². The Morgan fingerprint density at radius 2 is 1.71 bits per heavy atom. The molecule has 5 heteroatoms. The minimum Gasteiger partial charge on any atom is -0.504 e. The van der Waals surface area contributed by atoms with Crippen LogP contribution in [0.1, 0.15) is 0 Å². The van der Waals surface area contributed by atoms with E-state index in [4.69, 9.17) is 5.11 Å². The van der Waals surface area contributed by atoms with Gasteiger partial charge in [-0.1, -0.05) is 0 Å².